The summed E-state index contributed by atoms with van der Waals surface area (Å²) >= 11 is 0. The number of rotatable bonds is 4. The third-order valence-electron chi connectivity index (χ3n) is 3.24. The molecule has 0 aromatic carbocycles. The number of carbonyl (C=O) groups excluding carboxylic acids is 2. The van der Waals surface area contributed by atoms with Crippen LogP contribution in [0.15, 0.2) is 0 Å². The molecule has 1 rings (SSSR count). The molecule has 0 spiro atoms. The lowest BCUT2D eigenvalue weighted by molar-refractivity contribution is -0.135. The van der Waals surface area contributed by atoms with Crippen molar-refractivity contribution in [2.24, 2.45) is 5.92 Å². The minimum atomic E-state index is 0.0385. The number of nitrogens with one attached hydrogen (secondary N) is 1. The highest BCUT2D eigenvalue weighted by molar-refractivity contribution is 5.79. The summed E-state index contributed by atoms with van der Waals surface area (Å²) in [6.45, 7) is 7.43. The van der Waals surface area contributed by atoms with Crippen molar-refractivity contribution < 1.29 is 9.59 Å². The average molecular weight is 255 g/mol. The zero-order chi connectivity index (χ0) is 13.5. The molecule has 0 aromatic heterocycles. The molecule has 1 saturated heterocycles. The van der Waals surface area contributed by atoms with E-state index in [0.717, 1.165) is 19.5 Å². The van der Waals surface area contributed by atoms with E-state index >= 15 is 0 Å². The minimum Gasteiger partial charge on any atom is -0.341 e. The average Bonchev–Trinajstić information content (AvgIpc) is 2.60. The number of amides is 2. The Morgan fingerprint density at radius 2 is 1.72 bits per heavy atom. The molecule has 5 nitrogen and oxygen atoms in total. The second-order valence-electron chi connectivity index (χ2n) is 5.07. The summed E-state index contributed by atoms with van der Waals surface area (Å²) in [6.07, 6.45) is 1.42. The van der Waals surface area contributed by atoms with Crippen LogP contribution >= 0.6 is 0 Å². The Balaban J connectivity index is 2.45. The van der Waals surface area contributed by atoms with Gasteiger partial charge in [0.1, 0.15) is 0 Å². The molecule has 0 aromatic rings. The van der Waals surface area contributed by atoms with Crippen molar-refractivity contribution in [2.45, 2.75) is 26.7 Å². The molecule has 1 N–H and O–H groups in total. The van der Waals surface area contributed by atoms with Crippen LogP contribution in [0.4, 0.5) is 0 Å². The molecule has 0 saturated carbocycles. The van der Waals surface area contributed by atoms with Gasteiger partial charge in [-0.15, -0.1) is 0 Å². The van der Waals surface area contributed by atoms with Crippen LogP contribution in [-0.2, 0) is 9.59 Å². The predicted molar refractivity (Wildman–Crippen MR) is 71.2 cm³/mol. The van der Waals surface area contributed by atoms with Crippen molar-refractivity contribution in [3.05, 3.63) is 0 Å². The standard InChI is InChI=1S/C13H25N3O2/c1-11(2)13(18)16-8-4-7-15(9-10-16)12(17)5-6-14-3/h11,14H,4-10H2,1-3H3. The Morgan fingerprint density at radius 3 is 2.33 bits per heavy atom. The van der Waals surface area contributed by atoms with Gasteiger partial charge in [0.25, 0.3) is 0 Å². The van der Waals surface area contributed by atoms with Crippen LogP contribution in [-0.4, -0.2) is 61.4 Å². The number of nitrogens with zero attached hydrogens (tertiary/aromatic N) is 2. The molecule has 5 heteroatoms. The van der Waals surface area contributed by atoms with Crippen LogP contribution in [0, 0.1) is 5.92 Å². The van der Waals surface area contributed by atoms with Gasteiger partial charge in [0, 0.05) is 45.1 Å². The van der Waals surface area contributed by atoms with Crippen LogP contribution in [0.25, 0.3) is 0 Å². The summed E-state index contributed by atoms with van der Waals surface area (Å²) < 4.78 is 0. The number of hydrogen-bond donors (Lipinski definition) is 1. The lowest BCUT2D eigenvalue weighted by Crippen LogP contribution is -2.39. The molecule has 18 heavy (non-hydrogen) atoms. The van der Waals surface area contributed by atoms with E-state index in [1.807, 2.05) is 30.7 Å². The Hall–Kier alpha value is -1.10. The largest absolute Gasteiger partial charge is 0.341 e. The van der Waals surface area contributed by atoms with Gasteiger partial charge < -0.3 is 15.1 Å². The lowest BCUT2D eigenvalue weighted by Gasteiger charge is -2.23. The molecule has 1 heterocycles. The Morgan fingerprint density at radius 1 is 1.11 bits per heavy atom. The second-order valence-corrected chi connectivity index (χ2v) is 5.07. The maximum Gasteiger partial charge on any atom is 0.225 e. The summed E-state index contributed by atoms with van der Waals surface area (Å²) in [5, 5.41) is 2.98. The highest BCUT2D eigenvalue weighted by atomic mass is 16.2. The van der Waals surface area contributed by atoms with Gasteiger partial charge >= 0.3 is 0 Å². The first kappa shape index (κ1) is 15.0. The van der Waals surface area contributed by atoms with Gasteiger partial charge in [0.2, 0.25) is 11.8 Å². The molecule has 2 amide bonds. The zero-order valence-corrected chi connectivity index (χ0v) is 11.7. The molecule has 1 fully saturated rings. The fourth-order valence-electron chi connectivity index (χ4n) is 2.14. The van der Waals surface area contributed by atoms with Crippen molar-refractivity contribution in [2.75, 3.05) is 39.8 Å². The monoisotopic (exact) mass is 255 g/mol. The number of carbonyl (C=O) groups is 2. The van der Waals surface area contributed by atoms with E-state index in [0.29, 0.717) is 26.1 Å². The van der Waals surface area contributed by atoms with Crippen molar-refractivity contribution in [1.29, 1.82) is 0 Å². The van der Waals surface area contributed by atoms with Gasteiger partial charge in [-0.3, -0.25) is 9.59 Å². The van der Waals surface area contributed by atoms with E-state index in [1.165, 1.54) is 0 Å². The van der Waals surface area contributed by atoms with Gasteiger partial charge in [0.15, 0.2) is 0 Å². The van der Waals surface area contributed by atoms with E-state index in [4.69, 9.17) is 0 Å². The van der Waals surface area contributed by atoms with Crippen molar-refractivity contribution >= 4 is 11.8 Å². The van der Waals surface area contributed by atoms with Gasteiger partial charge in [0.05, 0.1) is 0 Å². The highest BCUT2D eigenvalue weighted by Crippen LogP contribution is 2.08. The summed E-state index contributed by atoms with van der Waals surface area (Å²) in [4.78, 5) is 27.6. The zero-order valence-electron chi connectivity index (χ0n) is 11.7. The molecule has 1 aliphatic heterocycles. The highest BCUT2D eigenvalue weighted by Gasteiger charge is 2.22. The SMILES string of the molecule is CNCCC(=O)N1CCCN(C(=O)C(C)C)CC1. The summed E-state index contributed by atoms with van der Waals surface area (Å²) in [7, 11) is 1.85. The Bertz CT molecular complexity index is 292. The minimum absolute atomic E-state index is 0.0385. The first-order valence-electron chi connectivity index (χ1n) is 6.77. The van der Waals surface area contributed by atoms with Crippen molar-refractivity contribution in [3.8, 4) is 0 Å². The number of hydrogen-bond acceptors (Lipinski definition) is 3. The van der Waals surface area contributed by atoms with Crippen molar-refractivity contribution in [1.82, 2.24) is 15.1 Å². The van der Waals surface area contributed by atoms with Crippen LogP contribution < -0.4 is 5.32 Å². The van der Waals surface area contributed by atoms with Crippen LogP contribution in [0.1, 0.15) is 26.7 Å². The second kappa shape index (κ2) is 7.36. The molecule has 0 unspecified atom stereocenters. The topological polar surface area (TPSA) is 52.7 Å². The molecule has 0 atom stereocenters. The van der Waals surface area contributed by atoms with Crippen LogP contribution in [0.2, 0.25) is 0 Å². The fraction of sp³-hybridized carbons (Fsp3) is 0.846. The maximum atomic E-state index is 11.9. The molecule has 1 aliphatic rings. The van der Waals surface area contributed by atoms with E-state index in [1.54, 1.807) is 0 Å². The molecule has 0 bridgehead atoms. The van der Waals surface area contributed by atoms with Gasteiger partial charge in [-0.2, -0.15) is 0 Å². The molecule has 104 valence electrons. The first-order valence-corrected chi connectivity index (χ1v) is 6.77. The van der Waals surface area contributed by atoms with Crippen LogP contribution in [0.5, 0.6) is 0 Å². The lowest BCUT2D eigenvalue weighted by atomic mass is 10.2. The maximum absolute atomic E-state index is 11.9. The van der Waals surface area contributed by atoms with E-state index in [-0.39, 0.29) is 17.7 Å². The van der Waals surface area contributed by atoms with Crippen LogP contribution in [0.3, 0.4) is 0 Å². The van der Waals surface area contributed by atoms with E-state index in [2.05, 4.69) is 5.32 Å². The third kappa shape index (κ3) is 4.29. The van der Waals surface area contributed by atoms with Gasteiger partial charge in [-0.25, -0.2) is 0 Å². The Labute approximate surface area is 110 Å². The summed E-state index contributed by atoms with van der Waals surface area (Å²) in [6, 6.07) is 0. The normalized spacial score (nSPS) is 16.9. The third-order valence-corrected chi connectivity index (χ3v) is 3.24. The van der Waals surface area contributed by atoms with E-state index in [9.17, 15) is 9.59 Å². The Kier molecular flexibility index (Phi) is 6.12. The summed E-state index contributed by atoms with van der Waals surface area (Å²) in [5.74, 6) is 0.416. The quantitative estimate of drug-likeness (QED) is 0.787. The predicted octanol–water partition coefficient (Wildman–Crippen LogP) is 0.313. The van der Waals surface area contributed by atoms with Crippen molar-refractivity contribution in [3.63, 3.8) is 0 Å². The molecular weight excluding hydrogens is 230 g/mol. The fourth-order valence-corrected chi connectivity index (χ4v) is 2.14. The van der Waals surface area contributed by atoms with Gasteiger partial charge in [-0.1, -0.05) is 13.8 Å². The summed E-state index contributed by atoms with van der Waals surface area (Å²) in [5.41, 5.74) is 0. The van der Waals surface area contributed by atoms with E-state index < -0.39 is 0 Å². The van der Waals surface area contributed by atoms with Gasteiger partial charge in [-0.05, 0) is 13.5 Å². The molecule has 0 aliphatic carbocycles. The molecule has 0 radical (unpaired) electrons. The molecular formula is C13H25N3O2. The first-order chi connectivity index (χ1) is 8.56. The smallest absolute Gasteiger partial charge is 0.225 e.